The molecule has 0 saturated heterocycles. The highest BCUT2D eigenvalue weighted by molar-refractivity contribution is 9.10. The maximum Gasteiger partial charge on any atom is 0.156 e. The molecule has 0 bridgehead atoms. The Balaban J connectivity index is 2.55. The number of pyridine rings is 1. The van der Waals surface area contributed by atoms with E-state index in [0.717, 1.165) is 24.6 Å². The topological polar surface area (TPSA) is 38.9 Å². The zero-order chi connectivity index (χ0) is 8.72. The SMILES string of the molecule is Nc1ncc(F)c(Br)c1C1CC1. The van der Waals surface area contributed by atoms with Crippen LogP contribution in [0.1, 0.15) is 24.3 Å². The molecule has 1 aromatic rings. The van der Waals surface area contributed by atoms with Crippen molar-refractivity contribution in [3.63, 3.8) is 0 Å². The van der Waals surface area contributed by atoms with Crippen molar-refractivity contribution in [1.29, 1.82) is 0 Å². The largest absolute Gasteiger partial charge is 0.383 e. The number of nitrogen functional groups attached to an aromatic ring is 1. The summed E-state index contributed by atoms with van der Waals surface area (Å²) in [6.45, 7) is 0. The van der Waals surface area contributed by atoms with Crippen LogP contribution < -0.4 is 5.73 Å². The van der Waals surface area contributed by atoms with Gasteiger partial charge in [0.25, 0.3) is 0 Å². The molecule has 0 aromatic carbocycles. The number of nitrogens with two attached hydrogens (primary N) is 1. The molecule has 1 aromatic heterocycles. The Labute approximate surface area is 78.1 Å². The Morgan fingerprint density at radius 3 is 2.83 bits per heavy atom. The Bertz CT molecular complexity index is 323. The van der Waals surface area contributed by atoms with E-state index in [0.29, 0.717) is 16.2 Å². The molecular formula is C8H8BrFN2. The van der Waals surface area contributed by atoms with Gasteiger partial charge < -0.3 is 5.73 Å². The molecule has 2 rings (SSSR count). The van der Waals surface area contributed by atoms with Gasteiger partial charge in [0, 0.05) is 5.56 Å². The van der Waals surface area contributed by atoms with Crippen molar-refractivity contribution < 1.29 is 4.39 Å². The molecule has 0 amide bonds. The van der Waals surface area contributed by atoms with E-state index in [9.17, 15) is 4.39 Å². The fourth-order valence-corrected chi connectivity index (χ4v) is 1.88. The molecule has 0 aliphatic heterocycles. The maximum absolute atomic E-state index is 13.0. The monoisotopic (exact) mass is 230 g/mol. The van der Waals surface area contributed by atoms with Crippen LogP contribution in [0.5, 0.6) is 0 Å². The van der Waals surface area contributed by atoms with Gasteiger partial charge in [0.15, 0.2) is 5.82 Å². The quantitative estimate of drug-likeness (QED) is 0.806. The molecule has 1 aliphatic carbocycles. The second kappa shape index (κ2) is 2.69. The van der Waals surface area contributed by atoms with E-state index in [-0.39, 0.29) is 5.82 Å². The van der Waals surface area contributed by atoms with Gasteiger partial charge in [-0.25, -0.2) is 9.37 Å². The molecule has 0 radical (unpaired) electrons. The van der Waals surface area contributed by atoms with Gasteiger partial charge >= 0.3 is 0 Å². The van der Waals surface area contributed by atoms with Crippen LogP contribution in [0.25, 0.3) is 0 Å². The second-order valence-corrected chi connectivity index (χ2v) is 3.79. The Morgan fingerprint density at radius 1 is 1.58 bits per heavy atom. The summed E-state index contributed by atoms with van der Waals surface area (Å²) in [5, 5.41) is 0. The highest BCUT2D eigenvalue weighted by Gasteiger charge is 2.29. The van der Waals surface area contributed by atoms with E-state index in [2.05, 4.69) is 20.9 Å². The van der Waals surface area contributed by atoms with Gasteiger partial charge in [-0.15, -0.1) is 0 Å². The Kier molecular flexibility index (Phi) is 1.79. The minimum atomic E-state index is -0.328. The van der Waals surface area contributed by atoms with Crippen molar-refractivity contribution in [2.45, 2.75) is 18.8 Å². The summed E-state index contributed by atoms with van der Waals surface area (Å²) in [6.07, 6.45) is 3.33. The van der Waals surface area contributed by atoms with Crippen molar-refractivity contribution in [3.05, 3.63) is 22.1 Å². The van der Waals surface area contributed by atoms with E-state index in [1.54, 1.807) is 0 Å². The first-order chi connectivity index (χ1) is 5.70. The van der Waals surface area contributed by atoms with Crippen molar-refractivity contribution in [1.82, 2.24) is 4.98 Å². The number of aromatic nitrogens is 1. The van der Waals surface area contributed by atoms with Gasteiger partial charge in [0.2, 0.25) is 0 Å². The molecule has 1 heterocycles. The molecular weight excluding hydrogens is 223 g/mol. The zero-order valence-electron chi connectivity index (χ0n) is 6.35. The van der Waals surface area contributed by atoms with Crippen LogP contribution in [-0.4, -0.2) is 4.98 Å². The number of halogens is 2. The standard InChI is InChI=1S/C8H8BrFN2/c9-7-5(10)3-12-8(11)6(7)4-1-2-4/h3-4H,1-2H2,(H2,11,12). The first-order valence-electron chi connectivity index (χ1n) is 3.79. The number of rotatable bonds is 1. The first-order valence-corrected chi connectivity index (χ1v) is 4.59. The van der Waals surface area contributed by atoms with E-state index in [1.807, 2.05) is 0 Å². The Morgan fingerprint density at radius 2 is 2.25 bits per heavy atom. The van der Waals surface area contributed by atoms with Crippen LogP contribution >= 0.6 is 15.9 Å². The molecule has 64 valence electrons. The first kappa shape index (κ1) is 7.98. The molecule has 1 fully saturated rings. The maximum atomic E-state index is 13.0. The van der Waals surface area contributed by atoms with Crippen molar-refractivity contribution >= 4 is 21.7 Å². The molecule has 1 aliphatic rings. The molecule has 4 heteroatoms. The summed E-state index contributed by atoms with van der Waals surface area (Å²) in [7, 11) is 0. The molecule has 1 saturated carbocycles. The van der Waals surface area contributed by atoms with Crippen LogP contribution in [-0.2, 0) is 0 Å². The lowest BCUT2D eigenvalue weighted by atomic mass is 10.2. The smallest absolute Gasteiger partial charge is 0.156 e. The third-order valence-electron chi connectivity index (χ3n) is 2.02. The van der Waals surface area contributed by atoms with Gasteiger partial charge in [-0.2, -0.15) is 0 Å². The predicted molar refractivity (Wildman–Crippen MR) is 48.3 cm³/mol. The lowest BCUT2D eigenvalue weighted by Gasteiger charge is -2.05. The van der Waals surface area contributed by atoms with Gasteiger partial charge in [-0.3, -0.25) is 0 Å². The van der Waals surface area contributed by atoms with Crippen LogP contribution in [0.15, 0.2) is 10.7 Å². The lowest BCUT2D eigenvalue weighted by molar-refractivity contribution is 0.612. The third-order valence-corrected chi connectivity index (χ3v) is 2.83. The minimum absolute atomic E-state index is 0.328. The summed E-state index contributed by atoms with van der Waals surface area (Å²) in [5.74, 6) is 0.541. The molecule has 0 unspecified atom stereocenters. The zero-order valence-corrected chi connectivity index (χ0v) is 7.94. The van der Waals surface area contributed by atoms with Crippen molar-refractivity contribution in [2.75, 3.05) is 5.73 Å². The second-order valence-electron chi connectivity index (χ2n) is 2.99. The summed E-state index contributed by atoms with van der Waals surface area (Å²) < 4.78 is 13.5. The van der Waals surface area contributed by atoms with E-state index < -0.39 is 0 Å². The number of nitrogens with zero attached hydrogens (tertiary/aromatic N) is 1. The predicted octanol–water partition coefficient (Wildman–Crippen LogP) is 2.44. The molecule has 0 spiro atoms. The number of hydrogen-bond acceptors (Lipinski definition) is 2. The van der Waals surface area contributed by atoms with E-state index in [4.69, 9.17) is 5.73 Å². The van der Waals surface area contributed by atoms with Crippen LogP contribution in [0.4, 0.5) is 10.2 Å². The lowest BCUT2D eigenvalue weighted by Crippen LogP contribution is -1.99. The van der Waals surface area contributed by atoms with Crippen LogP contribution in [0.2, 0.25) is 0 Å². The van der Waals surface area contributed by atoms with Gasteiger partial charge in [0.1, 0.15) is 5.82 Å². The summed E-state index contributed by atoms with van der Waals surface area (Å²) in [4.78, 5) is 3.77. The highest BCUT2D eigenvalue weighted by atomic mass is 79.9. The van der Waals surface area contributed by atoms with E-state index >= 15 is 0 Å². The molecule has 2 N–H and O–H groups in total. The number of hydrogen-bond donors (Lipinski definition) is 1. The van der Waals surface area contributed by atoms with E-state index in [1.165, 1.54) is 0 Å². The van der Waals surface area contributed by atoms with Gasteiger partial charge in [-0.1, -0.05) is 0 Å². The highest BCUT2D eigenvalue weighted by Crippen LogP contribution is 2.45. The van der Waals surface area contributed by atoms with Crippen molar-refractivity contribution in [3.8, 4) is 0 Å². The Hall–Kier alpha value is -0.640. The average Bonchev–Trinajstić information content (AvgIpc) is 2.81. The number of anilines is 1. The summed E-state index contributed by atoms with van der Waals surface area (Å²) >= 11 is 3.18. The fourth-order valence-electron chi connectivity index (χ4n) is 1.25. The van der Waals surface area contributed by atoms with Gasteiger partial charge in [0.05, 0.1) is 10.7 Å². The average molecular weight is 231 g/mol. The fraction of sp³-hybridized carbons (Fsp3) is 0.375. The third kappa shape index (κ3) is 1.20. The van der Waals surface area contributed by atoms with Gasteiger partial charge in [-0.05, 0) is 34.7 Å². The molecule has 2 nitrogen and oxygen atoms in total. The van der Waals surface area contributed by atoms with Crippen molar-refractivity contribution in [2.24, 2.45) is 0 Å². The summed E-state index contributed by atoms with van der Waals surface area (Å²) in [5.41, 5.74) is 6.47. The minimum Gasteiger partial charge on any atom is -0.383 e. The molecule has 12 heavy (non-hydrogen) atoms. The van der Waals surface area contributed by atoms with Crippen LogP contribution in [0.3, 0.4) is 0 Å². The van der Waals surface area contributed by atoms with Crippen LogP contribution in [0, 0.1) is 5.82 Å². The molecule has 0 atom stereocenters. The normalized spacial score (nSPS) is 16.5. The summed E-state index contributed by atoms with van der Waals surface area (Å²) in [6, 6.07) is 0.